The number of likely N-dealkylation sites (tertiary alicyclic amines) is 1. The lowest BCUT2D eigenvalue weighted by molar-refractivity contribution is -0.140. The van der Waals surface area contributed by atoms with Crippen LogP contribution in [0.3, 0.4) is 0 Å². The number of hydrogen-bond donors (Lipinski definition) is 2. The Morgan fingerprint density at radius 2 is 1.62 bits per heavy atom. The van der Waals surface area contributed by atoms with E-state index in [4.69, 9.17) is 4.74 Å². The largest absolute Gasteiger partial charge is 0.480 e. The Labute approximate surface area is 202 Å². The topological polar surface area (TPSA) is 78.9 Å². The number of amides is 1. The number of hydrogen-bond acceptors (Lipinski definition) is 4. The Kier molecular flexibility index (Phi) is 7.27. The van der Waals surface area contributed by atoms with Crippen molar-refractivity contribution in [2.45, 2.75) is 52.0 Å². The van der Waals surface area contributed by atoms with Gasteiger partial charge in [0.1, 0.15) is 12.6 Å². The summed E-state index contributed by atoms with van der Waals surface area (Å²) in [6, 6.07) is 15.3. The summed E-state index contributed by atoms with van der Waals surface area (Å²) in [6.45, 7) is 9.49. The smallest absolute Gasteiger partial charge is 0.407 e. The van der Waals surface area contributed by atoms with E-state index >= 15 is 0 Å². The summed E-state index contributed by atoms with van der Waals surface area (Å²) in [7, 11) is 0. The van der Waals surface area contributed by atoms with Crippen LogP contribution in [0, 0.1) is 11.3 Å². The fourth-order valence-electron chi connectivity index (χ4n) is 5.43. The van der Waals surface area contributed by atoms with Crippen molar-refractivity contribution in [3.05, 3.63) is 59.7 Å². The van der Waals surface area contributed by atoms with Crippen LogP contribution >= 0.6 is 0 Å². The van der Waals surface area contributed by atoms with E-state index in [-0.39, 0.29) is 17.9 Å². The number of nitrogens with zero attached hydrogens (tertiary/aromatic N) is 1. The maximum atomic E-state index is 12.6. The number of ether oxygens (including phenoxy) is 1. The van der Waals surface area contributed by atoms with Crippen molar-refractivity contribution in [2.24, 2.45) is 11.3 Å². The summed E-state index contributed by atoms with van der Waals surface area (Å²) in [4.78, 5) is 27.0. The first-order valence-corrected chi connectivity index (χ1v) is 12.3. The van der Waals surface area contributed by atoms with Crippen LogP contribution in [0.25, 0.3) is 11.1 Å². The molecule has 0 saturated carbocycles. The molecule has 6 nitrogen and oxygen atoms in total. The lowest BCUT2D eigenvalue weighted by Gasteiger charge is -2.37. The van der Waals surface area contributed by atoms with Crippen LogP contribution in [0.15, 0.2) is 48.5 Å². The van der Waals surface area contributed by atoms with E-state index in [1.165, 1.54) is 12.8 Å². The number of nitrogens with one attached hydrogen (secondary N) is 1. The minimum Gasteiger partial charge on any atom is -0.480 e. The number of carboxylic acids is 1. The summed E-state index contributed by atoms with van der Waals surface area (Å²) < 4.78 is 5.57. The van der Waals surface area contributed by atoms with Crippen LogP contribution in [0.1, 0.15) is 57.1 Å². The molecule has 1 atom stereocenters. The second-order valence-corrected chi connectivity index (χ2v) is 10.7. The van der Waals surface area contributed by atoms with Gasteiger partial charge in [0.25, 0.3) is 0 Å². The Balaban J connectivity index is 1.35. The summed E-state index contributed by atoms with van der Waals surface area (Å²) >= 11 is 0. The Bertz CT molecular complexity index is 981. The van der Waals surface area contributed by atoms with Crippen molar-refractivity contribution >= 4 is 12.1 Å². The molecule has 6 heteroatoms. The minimum atomic E-state index is -1.03. The van der Waals surface area contributed by atoms with Gasteiger partial charge in [-0.15, -0.1) is 0 Å². The zero-order valence-corrected chi connectivity index (χ0v) is 20.4. The molecule has 0 spiro atoms. The Morgan fingerprint density at radius 1 is 1.06 bits per heavy atom. The fourth-order valence-corrected chi connectivity index (χ4v) is 5.43. The highest BCUT2D eigenvalue weighted by molar-refractivity contribution is 5.81. The zero-order valence-electron chi connectivity index (χ0n) is 20.4. The van der Waals surface area contributed by atoms with Crippen molar-refractivity contribution < 1.29 is 19.4 Å². The number of alkyl carbamates (subject to hydrolysis) is 1. The zero-order chi connectivity index (χ0) is 24.3. The van der Waals surface area contributed by atoms with Crippen LogP contribution in [0.2, 0.25) is 0 Å². The number of rotatable bonds is 8. The van der Waals surface area contributed by atoms with E-state index < -0.39 is 18.1 Å². The second kappa shape index (κ2) is 10.2. The summed E-state index contributed by atoms with van der Waals surface area (Å²) in [5.74, 6) is -0.338. The third-order valence-corrected chi connectivity index (χ3v) is 7.22. The monoisotopic (exact) mass is 464 g/mol. The molecule has 182 valence electrons. The molecule has 1 aliphatic heterocycles. The van der Waals surface area contributed by atoms with Gasteiger partial charge in [-0.1, -0.05) is 69.3 Å². The molecule has 1 aliphatic carbocycles. The van der Waals surface area contributed by atoms with Gasteiger partial charge in [-0.25, -0.2) is 9.59 Å². The molecule has 0 aromatic heterocycles. The van der Waals surface area contributed by atoms with E-state index in [1.54, 1.807) is 0 Å². The molecule has 34 heavy (non-hydrogen) atoms. The molecule has 0 bridgehead atoms. The second-order valence-electron chi connectivity index (χ2n) is 10.7. The van der Waals surface area contributed by atoms with Gasteiger partial charge < -0.3 is 20.1 Å². The Morgan fingerprint density at radius 3 is 2.18 bits per heavy atom. The maximum Gasteiger partial charge on any atom is 0.407 e. The van der Waals surface area contributed by atoms with E-state index in [0.717, 1.165) is 47.8 Å². The number of piperidine rings is 1. The number of carboxylic acid groups (broad SMARTS) is 1. The molecule has 4 rings (SSSR count). The molecule has 0 radical (unpaired) electrons. The van der Waals surface area contributed by atoms with Crippen molar-refractivity contribution in [1.82, 2.24) is 10.2 Å². The maximum absolute atomic E-state index is 12.6. The molecule has 1 fully saturated rings. The molecule has 1 amide bonds. The van der Waals surface area contributed by atoms with Gasteiger partial charge in [-0.05, 0) is 65.9 Å². The lowest BCUT2D eigenvalue weighted by Crippen LogP contribution is -2.47. The highest BCUT2D eigenvalue weighted by Gasteiger charge is 2.33. The molecule has 1 unspecified atom stereocenters. The van der Waals surface area contributed by atoms with Gasteiger partial charge in [0.2, 0.25) is 0 Å². The number of fused-ring (bicyclic) bond motifs is 3. The number of benzene rings is 2. The van der Waals surface area contributed by atoms with Gasteiger partial charge in [-0.3, -0.25) is 0 Å². The highest BCUT2D eigenvalue weighted by atomic mass is 16.5. The van der Waals surface area contributed by atoms with Crippen LogP contribution < -0.4 is 5.32 Å². The van der Waals surface area contributed by atoms with Crippen molar-refractivity contribution in [3.8, 4) is 11.1 Å². The number of aliphatic carboxylic acids is 1. The molecule has 2 aromatic carbocycles. The molecule has 2 aromatic rings. The van der Waals surface area contributed by atoms with Gasteiger partial charge in [0.05, 0.1) is 0 Å². The van der Waals surface area contributed by atoms with E-state index in [0.29, 0.717) is 6.42 Å². The molecule has 2 aliphatic rings. The van der Waals surface area contributed by atoms with Crippen molar-refractivity contribution in [1.29, 1.82) is 0 Å². The Hall–Kier alpha value is -2.86. The first kappa shape index (κ1) is 24.3. The predicted octanol–water partition coefficient (Wildman–Crippen LogP) is 5.13. The average Bonchev–Trinajstić information content (AvgIpc) is 3.12. The van der Waals surface area contributed by atoms with Crippen LogP contribution in [0.5, 0.6) is 0 Å². The quantitative estimate of drug-likeness (QED) is 0.566. The van der Waals surface area contributed by atoms with Crippen molar-refractivity contribution in [2.75, 3.05) is 26.2 Å². The van der Waals surface area contributed by atoms with E-state index in [9.17, 15) is 14.7 Å². The van der Waals surface area contributed by atoms with E-state index in [1.807, 2.05) is 24.3 Å². The third kappa shape index (κ3) is 5.61. The fraction of sp³-hybridized carbons (Fsp3) is 0.500. The molecular formula is C28H36N2O4. The SMILES string of the molecule is CC1CCN(CC(C)(C)CC(NC(=O)OCC2c3ccccc3-c3ccccc32)C(=O)O)CC1. The van der Waals surface area contributed by atoms with Crippen molar-refractivity contribution in [3.63, 3.8) is 0 Å². The van der Waals surface area contributed by atoms with Gasteiger partial charge in [0, 0.05) is 12.5 Å². The van der Waals surface area contributed by atoms with Crippen LogP contribution in [0.4, 0.5) is 4.79 Å². The van der Waals surface area contributed by atoms with E-state index in [2.05, 4.69) is 55.3 Å². The van der Waals surface area contributed by atoms with Gasteiger partial charge >= 0.3 is 12.1 Å². The van der Waals surface area contributed by atoms with Crippen LogP contribution in [-0.2, 0) is 9.53 Å². The minimum absolute atomic E-state index is 0.0561. The predicted molar refractivity (Wildman–Crippen MR) is 133 cm³/mol. The van der Waals surface area contributed by atoms with Gasteiger partial charge in [-0.2, -0.15) is 0 Å². The summed E-state index contributed by atoms with van der Waals surface area (Å²) in [5, 5.41) is 12.4. The van der Waals surface area contributed by atoms with Crippen LogP contribution in [-0.4, -0.2) is 54.4 Å². The normalized spacial score (nSPS) is 17.6. The third-order valence-electron chi connectivity index (χ3n) is 7.22. The molecule has 1 heterocycles. The summed E-state index contributed by atoms with van der Waals surface area (Å²) in [5.41, 5.74) is 4.32. The first-order valence-electron chi connectivity index (χ1n) is 12.3. The molecule has 2 N–H and O–H groups in total. The molecule has 1 saturated heterocycles. The highest BCUT2D eigenvalue weighted by Crippen LogP contribution is 2.44. The summed E-state index contributed by atoms with van der Waals surface area (Å²) in [6.07, 6.45) is 2.02. The number of carbonyl (C=O) groups excluding carboxylic acids is 1. The lowest BCUT2D eigenvalue weighted by atomic mass is 9.84. The number of carbonyl (C=O) groups is 2. The van der Waals surface area contributed by atoms with Gasteiger partial charge in [0.15, 0.2) is 0 Å². The standard InChI is InChI=1S/C28H36N2O4/c1-19-12-14-30(15-13-19)18-28(2,3)16-25(26(31)32)29-27(33)34-17-24-22-10-6-4-8-20(22)21-9-5-7-11-23(21)24/h4-11,19,24-25H,12-18H2,1-3H3,(H,29,33)(H,31,32). The molecular weight excluding hydrogens is 428 g/mol. The first-order chi connectivity index (χ1) is 16.2. The average molecular weight is 465 g/mol.